The fraction of sp³-hybridized carbons (Fsp3) is 0.111. The number of aromatic nitrogens is 1. The minimum absolute atomic E-state index is 0.140. The highest BCUT2D eigenvalue weighted by Crippen LogP contribution is 2.18. The number of amides is 1. The smallest absolute Gasteiger partial charge is 0.255 e. The lowest BCUT2D eigenvalue weighted by Crippen LogP contribution is -2.22. The molecule has 0 saturated carbocycles. The van der Waals surface area contributed by atoms with Crippen LogP contribution in [0.3, 0.4) is 0 Å². The molecule has 2 aromatic carbocycles. The van der Waals surface area contributed by atoms with Gasteiger partial charge in [0, 0.05) is 25.0 Å². The molecule has 1 heterocycles. The van der Waals surface area contributed by atoms with Gasteiger partial charge in [0.15, 0.2) is 0 Å². The van der Waals surface area contributed by atoms with E-state index < -0.39 is 10.0 Å². The Morgan fingerprint density at radius 2 is 1.72 bits per heavy atom. The van der Waals surface area contributed by atoms with Gasteiger partial charge in [-0.2, -0.15) is 0 Å². The number of nitrogens with one attached hydrogen (secondary N) is 1. The highest BCUT2D eigenvalue weighted by atomic mass is 32.2. The Bertz CT molecular complexity index is 1030. The van der Waals surface area contributed by atoms with E-state index in [1.165, 1.54) is 38.4 Å². The number of carbonyl (C=O) groups excluding carboxylic acids is 1. The van der Waals surface area contributed by atoms with E-state index in [0.29, 0.717) is 11.3 Å². The number of rotatable bonds is 4. The lowest BCUT2D eigenvalue weighted by atomic mass is 10.2. The van der Waals surface area contributed by atoms with Crippen LogP contribution in [0.25, 0.3) is 10.9 Å². The van der Waals surface area contributed by atoms with Crippen molar-refractivity contribution in [2.24, 2.45) is 0 Å². The number of fused-ring (bicyclic) bond motifs is 1. The molecule has 0 aliphatic carbocycles. The first kappa shape index (κ1) is 17.1. The summed E-state index contributed by atoms with van der Waals surface area (Å²) in [5.41, 5.74) is 1.79. The Kier molecular flexibility index (Phi) is 4.52. The number of hydrogen-bond donors (Lipinski definition) is 1. The molecule has 0 saturated heterocycles. The second-order valence-electron chi connectivity index (χ2n) is 5.68. The van der Waals surface area contributed by atoms with Gasteiger partial charge in [0.2, 0.25) is 10.0 Å². The number of nitrogens with zero attached hydrogens (tertiary/aromatic N) is 2. The number of sulfonamides is 1. The molecule has 0 radical (unpaired) electrons. The van der Waals surface area contributed by atoms with Gasteiger partial charge in [0.05, 0.1) is 22.3 Å². The summed E-state index contributed by atoms with van der Waals surface area (Å²) < 4.78 is 25.2. The first-order valence-electron chi connectivity index (χ1n) is 7.57. The summed E-state index contributed by atoms with van der Waals surface area (Å²) in [5, 5.41) is 3.69. The van der Waals surface area contributed by atoms with Crippen LogP contribution in [0.2, 0.25) is 0 Å². The molecule has 0 fully saturated rings. The zero-order chi connectivity index (χ0) is 18.0. The van der Waals surface area contributed by atoms with E-state index in [4.69, 9.17) is 0 Å². The van der Waals surface area contributed by atoms with Crippen LogP contribution in [0.5, 0.6) is 0 Å². The molecule has 0 bridgehead atoms. The zero-order valence-corrected chi connectivity index (χ0v) is 14.6. The standard InChI is InChI=1S/C18H17N3O3S/c1-21(2)25(23,24)16-9-7-13(8-10-16)18(22)20-15-11-14-5-3-4-6-17(14)19-12-15/h3-12H,1-2H3,(H,20,22). The fourth-order valence-corrected chi connectivity index (χ4v) is 3.23. The topological polar surface area (TPSA) is 79.4 Å². The van der Waals surface area contributed by atoms with Gasteiger partial charge >= 0.3 is 0 Å². The summed E-state index contributed by atoms with van der Waals surface area (Å²) in [6.07, 6.45) is 1.59. The molecule has 1 aromatic heterocycles. The van der Waals surface area contributed by atoms with Crippen molar-refractivity contribution in [3.05, 3.63) is 66.4 Å². The van der Waals surface area contributed by atoms with Crippen molar-refractivity contribution in [2.45, 2.75) is 4.90 Å². The quantitative estimate of drug-likeness (QED) is 0.780. The maximum absolute atomic E-state index is 12.3. The third-order valence-electron chi connectivity index (χ3n) is 3.74. The van der Waals surface area contributed by atoms with Gasteiger partial charge in [-0.3, -0.25) is 9.78 Å². The Labute approximate surface area is 146 Å². The highest BCUT2D eigenvalue weighted by Gasteiger charge is 2.17. The third kappa shape index (κ3) is 3.52. The average molecular weight is 355 g/mol. The molecule has 128 valence electrons. The van der Waals surface area contributed by atoms with Gasteiger partial charge in [-0.25, -0.2) is 12.7 Å². The molecule has 0 aliphatic heterocycles. The molecule has 0 aliphatic rings. The molecule has 0 atom stereocenters. The number of para-hydroxylation sites is 1. The molecular formula is C18H17N3O3S. The largest absolute Gasteiger partial charge is 0.321 e. The predicted octanol–water partition coefficient (Wildman–Crippen LogP) is 2.74. The second kappa shape index (κ2) is 6.62. The van der Waals surface area contributed by atoms with E-state index >= 15 is 0 Å². The summed E-state index contributed by atoms with van der Waals surface area (Å²) in [5.74, 6) is -0.328. The monoisotopic (exact) mass is 355 g/mol. The molecular weight excluding hydrogens is 338 g/mol. The van der Waals surface area contributed by atoms with Crippen molar-refractivity contribution in [3.8, 4) is 0 Å². The van der Waals surface area contributed by atoms with E-state index in [1.54, 1.807) is 6.20 Å². The van der Waals surface area contributed by atoms with E-state index in [9.17, 15) is 13.2 Å². The van der Waals surface area contributed by atoms with Crippen LogP contribution < -0.4 is 5.32 Å². The van der Waals surface area contributed by atoms with E-state index in [0.717, 1.165) is 15.2 Å². The lowest BCUT2D eigenvalue weighted by molar-refractivity contribution is 0.102. The van der Waals surface area contributed by atoms with Crippen LogP contribution in [0.1, 0.15) is 10.4 Å². The van der Waals surface area contributed by atoms with Crippen molar-refractivity contribution < 1.29 is 13.2 Å². The maximum Gasteiger partial charge on any atom is 0.255 e. The Hall–Kier alpha value is -2.77. The summed E-state index contributed by atoms with van der Waals surface area (Å²) in [6, 6.07) is 15.3. The molecule has 1 amide bonds. The van der Waals surface area contributed by atoms with Crippen molar-refractivity contribution in [1.82, 2.24) is 9.29 Å². The van der Waals surface area contributed by atoms with Crippen molar-refractivity contribution in [2.75, 3.05) is 19.4 Å². The Balaban J connectivity index is 1.81. The Morgan fingerprint density at radius 1 is 1.04 bits per heavy atom. The van der Waals surface area contributed by atoms with Gasteiger partial charge in [0.25, 0.3) is 5.91 Å². The van der Waals surface area contributed by atoms with Gasteiger partial charge in [0.1, 0.15) is 0 Å². The number of pyridine rings is 1. The van der Waals surface area contributed by atoms with Crippen molar-refractivity contribution >= 4 is 32.5 Å². The van der Waals surface area contributed by atoms with Gasteiger partial charge < -0.3 is 5.32 Å². The van der Waals surface area contributed by atoms with E-state index in [2.05, 4.69) is 10.3 Å². The average Bonchev–Trinajstić information content (AvgIpc) is 2.61. The molecule has 7 heteroatoms. The SMILES string of the molecule is CN(C)S(=O)(=O)c1ccc(C(=O)Nc2cnc3ccccc3c2)cc1. The molecule has 3 rings (SSSR count). The lowest BCUT2D eigenvalue weighted by Gasteiger charge is -2.11. The number of benzene rings is 2. The van der Waals surface area contributed by atoms with Crippen molar-refractivity contribution in [1.29, 1.82) is 0 Å². The van der Waals surface area contributed by atoms with Crippen LogP contribution >= 0.6 is 0 Å². The summed E-state index contributed by atoms with van der Waals surface area (Å²) in [7, 11) is -0.589. The second-order valence-corrected chi connectivity index (χ2v) is 7.83. The summed E-state index contributed by atoms with van der Waals surface area (Å²) in [4.78, 5) is 16.8. The third-order valence-corrected chi connectivity index (χ3v) is 5.57. The minimum atomic E-state index is -3.51. The highest BCUT2D eigenvalue weighted by molar-refractivity contribution is 7.89. The number of anilines is 1. The molecule has 25 heavy (non-hydrogen) atoms. The zero-order valence-electron chi connectivity index (χ0n) is 13.8. The van der Waals surface area contributed by atoms with Crippen LogP contribution in [0.4, 0.5) is 5.69 Å². The normalized spacial score (nSPS) is 11.6. The maximum atomic E-state index is 12.3. The van der Waals surface area contributed by atoms with Crippen LogP contribution in [-0.2, 0) is 10.0 Å². The van der Waals surface area contributed by atoms with Crippen molar-refractivity contribution in [3.63, 3.8) is 0 Å². The van der Waals surface area contributed by atoms with E-state index in [-0.39, 0.29) is 10.8 Å². The minimum Gasteiger partial charge on any atom is -0.321 e. The van der Waals surface area contributed by atoms with Gasteiger partial charge in [-0.05, 0) is 36.4 Å². The molecule has 0 unspecified atom stereocenters. The van der Waals surface area contributed by atoms with Gasteiger partial charge in [-0.15, -0.1) is 0 Å². The van der Waals surface area contributed by atoms with Crippen LogP contribution in [-0.4, -0.2) is 37.7 Å². The van der Waals surface area contributed by atoms with Crippen LogP contribution in [0.15, 0.2) is 65.7 Å². The molecule has 3 aromatic rings. The molecule has 1 N–H and O–H groups in total. The Morgan fingerprint density at radius 3 is 2.40 bits per heavy atom. The molecule has 6 nitrogen and oxygen atoms in total. The first-order valence-corrected chi connectivity index (χ1v) is 9.01. The summed E-state index contributed by atoms with van der Waals surface area (Å²) in [6.45, 7) is 0. The summed E-state index contributed by atoms with van der Waals surface area (Å²) >= 11 is 0. The first-order chi connectivity index (χ1) is 11.9. The predicted molar refractivity (Wildman–Crippen MR) is 97.0 cm³/mol. The molecule has 0 spiro atoms. The number of carbonyl (C=O) groups is 1. The van der Waals surface area contributed by atoms with Crippen LogP contribution in [0, 0.1) is 0 Å². The van der Waals surface area contributed by atoms with E-state index in [1.807, 2.05) is 30.3 Å². The van der Waals surface area contributed by atoms with Gasteiger partial charge in [-0.1, -0.05) is 18.2 Å². The fourth-order valence-electron chi connectivity index (χ4n) is 2.33. The number of hydrogen-bond acceptors (Lipinski definition) is 4.